The molecule has 1 unspecified atom stereocenters. The van der Waals surface area contributed by atoms with Crippen LogP contribution in [-0.4, -0.2) is 0 Å². The Morgan fingerprint density at radius 1 is 1.22 bits per heavy atom. The normalized spacial score (nSPS) is 13.2. The fourth-order valence-electron chi connectivity index (χ4n) is 0.648. The molecule has 0 saturated heterocycles. The second-order valence-corrected chi connectivity index (χ2v) is 3.00. The fraction of sp³-hybridized carbons (Fsp3) is 0.875. The lowest BCUT2D eigenvalue weighted by atomic mass is 10.0. The molecule has 0 spiro atoms. The first-order chi connectivity index (χ1) is 4.16. The van der Waals surface area contributed by atoms with Gasteiger partial charge in [-0.2, -0.15) is 5.26 Å². The van der Waals surface area contributed by atoms with Gasteiger partial charge in [-0.3, -0.25) is 0 Å². The summed E-state index contributed by atoms with van der Waals surface area (Å²) in [6.07, 6.45) is 2.23. The molecule has 0 aromatic heterocycles. The van der Waals surface area contributed by atoms with E-state index in [2.05, 4.69) is 19.9 Å². The monoisotopic (exact) mass is 125 g/mol. The zero-order valence-electron chi connectivity index (χ0n) is 6.52. The molecule has 0 amide bonds. The smallest absolute Gasteiger partial charge is 0.0652 e. The lowest BCUT2D eigenvalue weighted by molar-refractivity contribution is 0.507. The molecule has 0 radical (unpaired) electrons. The van der Waals surface area contributed by atoms with Gasteiger partial charge in [-0.25, -0.2) is 0 Å². The first-order valence-electron chi connectivity index (χ1n) is 3.56. The van der Waals surface area contributed by atoms with Gasteiger partial charge in [0.25, 0.3) is 0 Å². The molecule has 0 aromatic carbocycles. The van der Waals surface area contributed by atoms with Crippen LogP contribution in [0.15, 0.2) is 0 Å². The molecule has 0 aliphatic heterocycles. The Balaban J connectivity index is 3.19. The van der Waals surface area contributed by atoms with E-state index < -0.39 is 0 Å². The van der Waals surface area contributed by atoms with Crippen molar-refractivity contribution in [3.63, 3.8) is 0 Å². The van der Waals surface area contributed by atoms with Gasteiger partial charge in [-0.05, 0) is 25.7 Å². The molecule has 0 rings (SSSR count). The molecule has 0 N–H and O–H groups in total. The minimum atomic E-state index is 0.243. The molecule has 1 atom stereocenters. The van der Waals surface area contributed by atoms with Crippen molar-refractivity contribution in [2.45, 2.75) is 33.6 Å². The average molecular weight is 125 g/mol. The summed E-state index contributed by atoms with van der Waals surface area (Å²) in [5.41, 5.74) is 0. The van der Waals surface area contributed by atoms with Gasteiger partial charge in [0.15, 0.2) is 0 Å². The third-order valence-corrected chi connectivity index (χ3v) is 1.40. The maximum absolute atomic E-state index is 8.40. The molecular formula is C8H15N. The van der Waals surface area contributed by atoms with E-state index in [4.69, 9.17) is 5.26 Å². The first kappa shape index (κ1) is 8.49. The lowest BCUT2D eigenvalue weighted by Crippen LogP contribution is -1.93. The Kier molecular flexibility index (Phi) is 4.13. The van der Waals surface area contributed by atoms with Crippen LogP contribution in [-0.2, 0) is 0 Å². The molecule has 0 aromatic rings. The van der Waals surface area contributed by atoms with E-state index >= 15 is 0 Å². The Morgan fingerprint density at radius 3 is 2.11 bits per heavy atom. The molecule has 0 heterocycles. The van der Waals surface area contributed by atoms with Gasteiger partial charge >= 0.3 is 0 Å². The highest BCUT2D eigenvalue weighted by Crippen LogP contribution is 2.09. The summed E-state index contributed by atoms with van der Waals surface area (Å²) < 4.78 is 0. The molecule has 52 valence electrons. The van der Waals surface area contributed by atoms with Crippen LogP contribution in [0.3, 0.4) is 0 Å². The lowest BCUT2D eigenvalue weighted by Gasteiger charge is -2.03. The predicted molar refractivity (Wildman–Crippen MR) is 38.8 cm³/mol. The van der Waals surface area contributed by atoms with Crippen molar-refractivity contribution in [3.8, 4) is 6.07 Å². The first-order valence-corrected chi connectivity index (χ1v) is 3.56. The minimum Gasteiger partial charge on any atom is -0.198 e. The van der Waals surface area contributed by atoms with Gasteiger partial charge in [0.2, 0.25) is 0 Å². The molecule has 1 heteroatoms. The number of nitrogens with zero attached hydrogens (tertiary/aromatic N) is 1. The van der Waals surface area contributed by atoms with E-state index in [1.54, 1.807) is 0 Å². The highest BCUT2D eigenvalue weighted by Gasteiger charge is 2.00. The topological polar surface area (TPSA) is 23.8 Å². The third kappa shape index (κ3) is 5.36. The van der Waals surface area contributed by atoms with E-state index in [0.717, 1.165) is 12.3 Å². The molecule has 0 fully saturated rings. The minimum absolute atomic E-state index is 0.243. The summed E-state index contributed by atoms with van der Waals surface area (Å²) >= 11 is 0. The Hall–Kier alpha value is -0.510. The van der Waals surface area contributed by atoms with Crippen LogP contribution in [0, 0.1) is 23.2 Å². The van der Waals surface area contributed by atoms with Crippen molar-refractivity contribution in [1.29, 1.82) is 5.26 Å². The number of hydrogen-bond acceptors (Lipinski definition) is 1. The molecule has 0 bridgehead atoms. The van der Waals surface area contributed by atoms with Gasteiger partial charge in [0, 0.05) is 5.92 Å². The van der Waals surface area contributed by atoms with Crippen molar-refractivity contribution < 1.29 is 0 Å². The molecule has 9 heavy (non-hydrogen) atoms. The van der Waals surface area contributed by atoms with Crippen LogP contribution in [0.2, 0.25) is 0 Å². The van der Waals surface area contributed by atoms with Crippen LogP contribution in [0.5, 0.6) is 0 Å². The van der Waals surface area contributed by atoms with Gasteiger partial charge in [0.05, 0.1) is 6.07 Å². The van der Waals surface area contributed by atoms with E-state index in [1.165, 1.54) is 6.42 Å². The zero-order chi connectivity index (χ0) is 7.28. The van der Waals surface area contributed by atoms with Crippen molar-refractivity contribution in [3.05, 3.63) is 0 Å². The van der Waals surface area contributed by atoms with Crippen molar-refractivity contribution in [2.24, 2.45) is 11.8 Å². The zero-order valence-corrected chi connectivity index (χ0v) is 6.52. The quantitative estimate of drug-likeness (QED) is 0.568. The van der Waals surface area contributed by atoms with Gasteiger partial charge in [-0.1, -0.05) is 13.8 Å². The van der Waals surface area contributed by atoms with Gasteiger partial charge in [-0.15, -0.1) is 0 Å². The van der Waals surface area contributed by atoms with Crippen LogP contribution in [0.1, 0.15) is 33.6 Å². The highest BCUT2D eigenvalue weighted by molar-refractivity contribution is 4.78. The maximum atomic E-state index is 8.40. The number of hydrogen-bond donors (Lipinski definition) is 0. The third-order valence-electron chi connectivity index (χ3n) is 1.40. The molecule has 0 aliphatic carbocycles. The molecule has 0 aliphatic rings. The van der Waals surface area contributed by atoms with Gasteiger partial charge in [0.1, 0.15) is 0 Å². The average Bonchev–Trinajstić information content (AvgIpc) is 1.83. The largest absolute Gasteiger partial charge is 0.198 e. The summed E-state index contributed by atoms with van der Waals surface area (Å²) in [7, 11) is 0. The van der Waals surface area contributed by atoms with Crippen molar-refractivity contribution in [2.75, 3.05) is 0 Å². The summed E-state index contributed by atoms with van der Waals surface area (Å²) in [4.78, 5) is 0. The van der Waals surface area contributed by atoms with E-state index in [1.807, 2.05) is 6.92 Å². The summed E-state index contributed by atoms with van der Waals surface area (Å²) in [5.74, 6) is 0.980. The maximum Gasteiger partial charge on any atom is 0.0652 e. The van der Waals surface area contributed by atoms with E-state index in [0.29, 0.717) is 0 Å². The van der Waals surface area contributed by atoms with Crippen LogP contribution in [0.4, 0.5) is 0 Å². The van der Waals surface area contributed by atoms with E-state index in [-0.39, 0.29) is 5.92 Å². The second-order valence-electron chi connectivity index (χ2n) is 3.00. The van der Waals surface area contributed by atoms with Crippen molar-refractivity contribution >= 4 is 0 Å². The number of nitriles is 1. The molecule has 1 nitrogen and oxygen atoms in total. The highest BCUT2D eigenvalue weighted by atomic mass is 14.3. The standard InChI is InChI=1S/C8H15N/c1-7(2)4-5-8(3)6-9/h7-8H,4-5H2,1-3H3. The second kappa shape index (κ2) is 4.38. The Labute approximate surface area is 57.7 Å². The number of rotatable bonds is 3. The van der Waals surface area contributed by atoms with Crippen LogP contribution >= 0.6 is 0 Å². The summed E-state index contributed by atoms with van der Waals surface area (Å²) in [6, 6.07) is 2.22. The van der Waals surface area contributed by atoms with Crippen LogP contribution in [0.25, 0.3) is 0 Å². The molecular weight excluding hydrogens is 110 g/mol. The SMILES string of the molecule is CC(C)CCC(C)C#N. The van der Waals surface area contributed by atoms with Gasteiger partial charge < -0.3 is 0 Å². The molecule has 0 saturated carbocycles. The Morgan fingerprint density at radius 2 is 1.78 bits per heavy atom. The van der Waals surface area contributed by atoms with Crippen molar-refractivity contribution in [1.82, 2.24) is 0 Å². The predicted octanol–water partition coefficient (Wildman–Crippen LogP) is 2.58. The Bertz CT molecular complexity index is 99.6. The summed E-state index contributed by atoms with van der Waals surface area (Å²) in [6.45, 7) is 6.34. The fourth-order valence-corrected chi connectivity index (χ4v) is 0.648. The van der Waals surface area contributed by atoms with Crippen LogP contribution < -0.4 is 0 Å². The van der Waals surface area contributed by atoms with E-state index in [9.17, 15) is 0 Å². The summed E-state index contributed by atoms with van der Waals surface area (Å²) in [5, 5.41) is 8.40.